The molecule has 0 radical (unpaired) electrons. The van der Waals surface area contributed by atoms with Gasteiger partial charge in [0.05, 0.1) is 0 Å². The van der Waals surface area contributed by atoms with Gasteiger partial charge in [0, 0.05) is 31.5 Å². The Hall–Kier alpha value is -1.10. The van der Waals surface area contributed by atoms with Crippen LogP contribution in [-0.4, -0.2) is 41.0 Å². The first-order valence-corrected chi connectivity index (χ1v) is 7.99. The Kier molecular flexibility index (Phi) is 4.61. The average molecular weight is 296 g/mol. The molecule has 1 heterocycles. The van der Waals surface area contributed by atoms with Crippen molar-refractivity contribution in [2.75, 3.05) is 13.1 Å². The molecule has 0 bridgehead atoms. The minimum absolute atomic E-state index is 0.0101. The van der Waals surface area contributed by atoms with Gasteiger partial charge in [-0.3, -0.25) is 9.59 Å². The number of rotatable bonds is 3. The molecule has 1 saturated heterocycles. The van der Waals surface area contributed by atoms with Crippen molar-refractivity contribution < 1.29 is 14.7 Å². The van der Waals surface area contributed by atoms with E-state index in [2.05, 4.69) is 20.8 Å². The predicted octanol–water partition coefficient (Wildman–Crippen LogP) is 1.71. The third kappa shape index (κ3) is 3.23. The van der Waals surface area contributed by atoms with Gasteiger partial charge in [-0.05, 0) is 36.5 Å². The maximum absolute atomic E-state index is 12.8. The Labute approximate surface area is 126 Å². The van der Waals surface area contributed by atoms with E-state index in [1.54, 1.807) is 0 Å². The number of aliphatic carboxylic acids is 1. The Morgan fingerprint density at radius 3 is 2.57 bits per heavy atom. The van der Waals surface area contributed by atoms with Crippen LogP contribution in [0.25, 0.3) is 0 Å². The number of carboxylic acid groups (broad SMARTS) is 1. The van der Waals surface area contributed by atoms with Crippen LogP contribution in [0.3, 0.4) is 0 Å². The van der Waals surface area contributed by atoms with E-state index in [9.17, 15) is 9.59 Å². The summed E-state index contributed by atoms with van der Waals surface area (Å²) in [6.45, 7) is 7.72. The highest BCUT2D eigenvalue weighted by Gasteiger charge is 2.46. The summed E-state index contributed by atoms with van der Waals surface area (Å²) in [7, 11) is 0. The lowest BCUT2D eigenvalue weighted by atomic mass is 9.60. The van der Waals surface area contributed by atoms with E-state index in [1.807, 2.05) is 4.90 Å². The normalized spacial score (nSPS) is 35.7. The van der Waals surface area contributed by atoms with Gasteiger partial charge in [0.2, 0.25) is 5.91 Å². The quantitative estimate of drug-likeness (QED) is 0.830. The zero-order chi connectivity index (χ0) is 15.8. The number of hydrogen-bond donors (Lipinski definition) is 2. The van der Waals surface area contributed by atoms with Gasteiger partial charge in [-0.25, -0.2) is 0 Å². The number of nitrogens with zero attached hydrogens (tertiary/aromatic N) is 1. The standard InChI is InChI=1S/C16H28N2O3/c1-10-13(17)5-4-12(16(10,2)3)15(21)18-7-6-11(9-18)8-14(19)20/h10-13H,4-9,17H2,1-3H3,(H,19,20). The molecule has 0 aromatic rings. The van der Waals surface area contributed by atoms with Crippen molar-refractivity contribution in [3.63, 3.8) is 0 Å². The summed E-state index contributed by atoms with van der Waals surface area (Å²) in [5.41, 5.74) is 6.06. The summed E-state index contributed by atoms with van der Waals surface area (Å²) in [6.07, 6.45) is 2.71. The number of likely N-dealkylation sites (tertiary alicyclic amines) is 1. The molecule has 4 atom stereocenters. The molecule has 120 valence electrons. The fourth-order valence-electron chi connectivity index (χ4n) is 3.96. The number of carbonyl (C=O) groups excluding carboxylic acids is 1. The molecule has 21 heavy (non-hydrogen) atoms. The maximum atomic E-state index is 12.8. The molecule has 5 heteroatoms. The largest absolute Gasteiger partial charge is 0.481 e. The van der Waals surface area contributed by atoms with Crippen LogP contribution in [0.5, 0.6) is 0 Å². The lowest BCUT2D eigenvalue weighted by Gasteiger charge is -2.47. The molecule has 4 unspecified atom stereocenters. The molecular weight excluding hydrogens is 268 g/mol. The number of nitrogens with two attached hydrogens (primary N) is 1. The highest BCUT2D eigenvalue weighted by Crippen LogP contribution is 2.45. The summed E-state index contributed by atoms with van der Waals surface area (Å²) in [5, 5.41) is 8.88. The first-order chi connectivity index (χ1) is 9.73. The van der Waals surface area contributed by atoms with Crippen LogP contribution in [-0.2, 0) is 9.59 Å². The van der Waals surface area contributed by atoms with Crippen molar-refractivity contribution in [2.45, 2.75) is 52.5 Å². The SMILES string of the molecule is CC1C(N)CCC(C(=O)N2CCC(CC(=O)O)C2)C1(C)C. The predicted molar refractivity (Wildman–Crippen MR) is 80.6 cm³/mol. The van der Waals surface area contributed by atoms with Gasteiger partial charge in [0.1, 0.15) is 0 Å². The second kappa shape index (κ2) is 5.95. The smallest absolute Gasteiger partial charge is 0.303 e. The molecule has 1 amide bonds. The van der Waals surface area contributed by atoms with E-state index in [0.29, 0.717) is 19.0 Å². The fourth-order valence-corrected chi connectivity index (χ4v) is 3.96. The molecule has 2 fully saturated rings. The number of carboxylic acids is 1. The van der Waals surface area contributed by atoms with Crippen molar-refractivity contribution in [2.24, 2.45) is 28.9 Å². The van der Waals surface area contributed by atoms with E-state index >= 15 is 0 Å². The average Bonchev–Trinajstić information content (AvgIpc) is 2.83. The number of hydrogen-bond acceptors (Lipinski definition) is 3. The summed E-state index contributed by atoms with van der Waals surface area (Å²) < 4.78 is 0. The van der Waals surface area contributed by atoms with Crippen LogP contribution in [0.4, 0.5) is 0 Å². The Morgan fingerprint density at radius 2 is 1.95 bits per heavy atom. The molecule has 5 nitrogen and oxygen atoms in total. The molecule has 0 spiro atoms. The number of carbonyl (C=O) groups is 2. The topological polar surface area (TPSA) is 83.6 Å². The lowest BCUT2D eigenvalue weighted by molar-refractivity contribution is -0.143. The van der Waals surface area contributed by atoms with Gasteiger partial charge in [-0.15, -0.1) is 0 Å². The highest BCUT2D eigenvalue weighted by atomic mass is 16.4. The van der Waals surface area contributed by atoms with Gasteiger partial charge in [0.15, 0.2) is 0 Å². The van der Waals surface area contributed by atoms with E-state index in [-0.39, 0.29) is 35.6 Å². The van der Waals surface area contributed by atoms with Crippen molar-refractivity contribution in [1.29, 1.82) is 0 Å². The van der Waals surface area contributed by atoms with Crippen LogP contribution in [0, 0.1) is 23.2 Å². The zero-order valence-electron chi connectivity index (χ0n) is 13.3. The summed E-state index contributed by atoms with van der Waals surface area (Å²) >= 11 is 0. The third-order valence-corrected chi connectivity index (χ3v) is 5.86. The molecule has 2 aliphatic rings. The highest BCUT2D eigenvalue weighted by molar-refractivity contribution is 5.80. The zero-order valence-corrected chi connectivity index (χ0v) is 13.3. The first kappa shape index (κ1) is 16.3. The third-order valence-electron chi connectivity index (χ3n) is 5.86. The Balaban J connectivity index is 2.02. The summed E-state index contributed by atoms with van der Waals surface area (Å²) in [5.74, 6) is -0.134. The van der Waals surface area contributed by atoms with Gasteiger partial charge < -0.3 is 15.7 Å². The second-order valence-electron chi connectivity index (χ2n) is 7.44. The van der Waals surface area contributed by atoms with Crippen molar-refractivity contribution >= 4 is 11.9 Å². The molecule has 1 aliphatic heterocycles. The van der Waals surface area contributed by atoms with Crippen LogP contribution >= 0.6 is 0 Å². The van der Waals surface area contributed by atoms with E-state index < -0.39 is 5.97 Å². The minimum Gasteiger partial charge on any atom is -0.481 e. The molecular formula is C16H28N2O3. The van der Waals surface area contributed by atoms with Crippen molar-refractivity contribution in [3.05, 3.63) is 0 Å². The van der Waals surface area contributed by atoms with Crippen LogP contribution < -0.4 is 5.73 Å². The molecule has 1 aliphatic carbocycles. The van der Waals surface area contributed by atoms with Crippen molar-refractivity contribution in [1.82, 2.24) is 4.90 Å². The molecule has 2 rings (SSSR count). The maximum Gasteiger partial charge on any atom is 0.303 e. The van der Waals surface area contributed by atoms with E-state index in [4.69, 9.17) is 10.8 Å². The van der Waals surface area contributed by atoms with Crippen LogP contribution in [0.1, 0.15) is 46.5 Å². The molecule has 1 saturated carbocycles. The van der Waals surface area contributed by atoms with Gasteiger partial charge in [-0.2, -0.15) is 0 Å². The minimum atomic E-state index is -0.771. The van der Waals surface area contributed by atoms with Crippen molar-refractivity contribution in [3.8, 4) is 0 Å². The molecule has 0 aromatic carbocycles. The van der Waals surface area contributed by atoms with E-state index in [1.165, 1.54) is 0 Å². The van der Waals surface area contributed by atoms with Gasteiger partial charge in [-0.1, -0.05) is 20.8 Å². The Morgan fingerprint density at radius 1 is 1.29 bits per heavy atom. The monoisotopic (exact) mass is 296 g/mol. The summed E-state index contributed by atoms with van der Waals surface area (Å²) in [6, 6.07) is 0.169. The van der Waals surface area contributed by atoms with Gasteiger partial charge >= 0.3 is 5.97 Å². The van der Waals surface area contributed by atoms with Gasteiger partial charge in [0.25, 0.3) is 0 Å². The van der Waals surface area contributed by atoms with Crippen LogP contribution in [0.15, 0.2) is 0 Å². The lowest BCUT2D eigenvalue weighted by Crippen LogP contribution is -2.52. The van der Waals surface area contributed by atoms with Crippen LogP contribution in [0.2, 0.25) is 0 Å². The van der Waals surface area contributed by atoms with E-state index in [0.717, 1.165) is 19.3 Å². The molecule has 3 N–H and O–H groups in total. The summed E-state index contributed by atoms with van der Waals surface area (Å²) in [4.78, 5) is 25.5. The first-order valence-electron chi connectivity index (χ1n) is 7.99. The molecule has 0 aromatic heterocycles. The fraction of sp³-hybridized carbons (Fsp3) is 0.875. The second-order valence-corrected chi connectivity index (χ2v) is 7.44. The Bertz CT molecular complexity index is 422. The number of amides is 1.